The predicted molar refractivity (Wildman–Crippen MR) is 66.3 cm³/mol. The minimum absolute atomic E-state index is 0.0357. The molecule has 0 bridgehead atoms. The first-order chi connectivity index (χ1) is 7.65. The van der Waals surface area contributed by atoms with E-state index in [4.69, 9.17) is 23.2 Å². The van der Waals surface area contributed by atoms with Gasteiger partial charge in [-0.2, -0.15) is 0 Å². The number of carbonyl (C=O) groups excluding carboxylic acids is 1. The van der Waals surface area contributed by atoms with E-state index >= 15 is 0 Å². The average molecular weight is 259 g/mol. The number of carbonyl (C=O) groups is 1. The van der Waals surface area contributed by atoms with Crippen LogP contribution in [0, 0.1) is 0 Å². The maximum atomic E-state index is 11.4. The molecule has 0 radical (unpaired) electrons. The molecule has 5 heteroatoms. The van der Waals surface area contributed by atoms with E-state index < -0.39 is 0 Å². The molecule has 1 amide bonds. The van der Waals surface area contributed by atoms with Gasteiger partial charge >= 0.3 is 0 Å². The number of amides is 1. The Hall–Kier alpha value is -0.930. The number of hydrogen-bond acceptors (Lipinski definition) is 2. The van der Waals surface area contributed by atoms with Crippen LogP contribution in [0.4, 0.5) is 5.69 Å². The van der Waals surface area contributed by atoms with E-state index in [1.807, 2.05) is 17.0 Å². The molecule has 0 atom stereocenters. The van der Waals surface area contributed by atoms with Crippen molar-refractivity contribution < 1.29 is 4.79 Å². The van der Waals surface area contributed by atoms with Crippen molar-refractivity contribution in [3.8, 4) is 0 Å². The van der Waals surface area contributed by atoms with E-state index in [2.05, 4.69) is 5.32 Å². The molecule has 1 aliphatic heterocycles. The Morgan fingerprint density at radius 1 is 1.19 bits per heavy atom. The van der Waals surface area contributed by atoms with Gasteiger partial charge in [-0.25, -0.2) is 0 Å². The summed E-state index contributed by atoms with van der Waals surface area (Å²) in [5, 5.41) is 4.01. The van der Waals surface area contributed by atoms with Crippen LogP contribution < -0.4 is 10.2 Å². The van der Waals surface area contributed by atoms with E-state index in [1.165, 1.54) is 0 Å². The van der Waals surface area contributed by atoms with Crippen LogP contribution in [0.25, 0.3) is 0 Å². The van der Waals surface area contributed by atoms with Crippen LogP contribution in [-0.2, 0) is 4.79 Å². The average Bonchev–Trinajstić information content (AvgIpc) is 2.41. The maximum absolute atomic E-state index is 11.4. The van der Waals surface area contributed by atoms with Gasteiger partial charge in [0.25, 0.3) is 0 Å². The minimum Gasteiger partial charge on any atom is -0.362 e. The number of rotatable bonds is 1. The Morgan fingerprint density at radius 2 is 1.88 bits per heavy atom. The van der Waals surface area contributed by atoms with Gasteiger partial charge < -0.3 is 10.2 Å². The first-order valence-corrected chi connectivity index (χ1v) is 5.88. The summed E-state index contributed by atoms with van der Waals surface area (Å²) in [4.78, 5) is 13.4. The van der Waals surface area contributed by atoms with Crippen LogP contribution in [0.5, 0.6) is 0 Å². The van der Waals surface area contributed by atoms with Gasteiger partial charge in [0.15, 0.2) is 0 Å². The molecule has 3 nitrogen and oxygen atoms in total. The van der Waals surface area contributed by atoms with Crippen molar-refractivity contribution in [2.45, 2.75) is 6.42 Å². The van der Waals surface area contributed by atoms with Gasteiger partial charge in [-0.15, -0.1) is 0 Å². The van der Waals surface area contributed by atoms with Crippen LogP contribution in [0.1, 0.15) is 6.42 Å². The molecule has 1 fully saturated rings. The quantitative estimate of drug-likeness (QED) is 0.839. The first-order valence-electron chi connectivity index (χ1n) is 5.13. The number of benzene rings is 1. The molecule has 1 heterocycles. The van der Waals surface area contributed by atoms with E-state index in [9.17, 15) is 4.79 Å². The fourth-order valence-electron chi connectivity index (χ4n) is 1.75. The van der Waals surface area contributed by atoms with E-state index in [-0.39, 0.29) is 5.91 Å². The molecule has 0 unspecified atom stereocenters. The zero-order valence-electron chi connectivity index (χ0n) is 8.67. The van der Waals surface area contributed by atoms with Gasteiger partial charge in [-0.3, -0.25) is 4.79 Å². The third kappa shape index (κ3) is 2.80. The Labute approximate surface area is 104 Å². The Morgan fingerprint density at radius 3 is 2.56 bits per heavy atom. The fourth-order valence-corrected chi connectivity index (χ4v) is 2.26. The van der Waals surface area contributed by atoms with Crippen LogP contribution in [0.3, 0.4) is 0 Å². The van der Waals surface area contributed by atoms with Crippen LogP contribution in [-0.4, -0.2) is 25.5 Å². The lowest BCUT2D eigenvalue weighted by atomic mass is 10.2. The predicted octanol–water partition coefficient (Wildman–Crippen LogP) is 2.32. The highest BCUT2D eigenvalue weighted by Gasteiger charge is 2.15. The normalized spacial score (nSPS) is 16.9. The van der Waals surface area contributed by atoms with Crippen molar-refractivity contribution >= 4 is 34.8 Å². The van der Waals surface area contributed by atoms with E-state index in [1.54, 1.807) is 6.07 Å². The smallest absolute Gasteiger partial charge is 0.239 e. The topological polar surface area (TPSA) is 32.3 Å². The molecule has 0 aliphatic carbocycles. The molecule has 16 heavy (non-hydrogen) atoms. The second kappa shape index (κ2) is 4.93. The van der Waals surface area contributed by atoms with Crippen molar-refractivity contribution in [1.82, 2.24) is 5.32 Å². The first kappa shape index (κ1) is 11.6. The number of halogens is 2. The second-order valence-corrected chi connectivity index (χ2v) is 4.63. The van der Waals surface area contributed by atoms with E-state index in [0.717, 1.165) is 25.2 Å². The van der Waals surface area contributed by atoms with E-state index in [0.29, 0.717) is 16.6 Å². The molecule has 0 spiro atoms. The van der Waals surface area contributed by atoms with Gasteiger partial charge in [0.1, 0.15) is 0 Å². The number of nitrogens with one attached hydrogen (secondary N) is 1. The molecular weight excluding hydrogens is 247 g/mol. The van der Waals surface area contributed by atoms with Gasteiger partial charge in [-0.05, 0) is 24.6 Å². The lowest BCUT2D eigenvalue weighted by Crippen LogP contribution is -2.32. The number of anilines is 1. The highest BCUT2D eigenvalue weighted by Crippen LogP contribution is 2.25. The lowest BCUT2D eigenvalue weighted by molar-refractivity contribution is -0.119. The highest BCUT2D eigenvalue weighted by molar-refractivity contribution is 6.35. The Kier molecular flexibility index (Phi) is 3.56. The largest absolute Gasteiger partial charge is 0.362 e. The molecule has 1 aromatic carbocycles. The van der Waals surface area contributed by atoms with Gasteiger partial charge in [-0.1, -0.05) is 23.2 Å². The summed E-state index contributed by atoms with van der Waals surface area (Å²) in [6.07, 6.45) is 0.926. The van der Waals surface area contributed by atoms with Crippen molar-refractivity contribution in [1.29, 1.82) is 0 Å². The summed E-state index contributed by atoms with van der Waals surface area (Å²) in [5.74, 6) is 0.0357. The molecule has 0 saturated carbocycles. The summed E-state index contributed by atoms with van der Waals surface area (Å²) < 4.78 is 0. The maximum Gasteiger partial charge on any atom is 0.239 e. The molecule has 86 valence electrons. The molecule has 1 saturated heterocycles. The molecule has 1 aromatic rings. The van der Waals surface area contributed by atoms with Crippen LogP contribution in [0.2, 0.25) is 10.0 Å². The third-order valence-corrected chi connectivity index (χ3v) is 2.91. The standard InChI is InChI=1S/C11H12Cl2N2O/c12-8-4-9(13)6-10(5-8)15-3-1-2-14-11(16)7-15/h4-6H,1-3,7H2,(H,14,16). The van der Waals surface area contributed by atoms with Gasteiger partial charge in [0.05, 0.1) is 6.54 Å². The third-order valence-electron chi connectivity index (χ3n) is 2.47. The molecule has 1 N–H and O–H groups in total. The fraction of sp³-hybridized carbons (Fsp3) is 0.364. The summed E-state index contributed by atoms with van der Waals surface area (Å²) in [5.41, 5.74) is 0.898. The van der Waals surface area contributed by atoms with Crippen molar-refractivity contribution in [3.63, 3.8) is 0 Å². The SMILES string of the molecule is O=C1CN(c2cc(Cl)cc(Cl)c2)CCCN1. The van der Waals surface area contributed by atoms with Crippen LogP contribution >= 0.6 is 23.2 Å². The van der Waals surface area contributed by atoms with Crippen LogP contribution in [0.15, 0.2) is 18.2 Å². The van der Waals surface area contributed by atoms with Gasteiger partial charge in [0.2, 0.25) is 5.91 Å². The Bertz CT molecular complexity index is 389. The lowest BCUT2D eigenvalue weighted by Gasteiger charge is -2.21. The molecule has 0 aromatic heterocycles. The zero-order chi connectivity index (χ0) is 11.5. The van der Waals surface area contributed by atoms with Crippen molar-refractivity contribution in [2.24, 2.45) is 0 Å². The second-order valence-electron chi connectivity index (χ2n) is 3.75. The number of hydrogen-bond donors (Lipinski definition) is 1. The van der Waals surface area contributed by atoms with Crippen molar-refractivity contribution in [3.05, 3.63) is 28.2 Å². The minimum atomic E-state index is 0.0357. The van der Waals surface area contributed by atoms with Gasteiger partial charge in [0, 0.05) is 28.8 Å². The summed E-state index contributed by atoms with van der Waals surface area (Å²) >= 11 is 11.9. The zero-order valence-corrected chi connectivity index (χ0v) is 10.2. The molecule has 2 rings (SSSR count). The highest BCUT2D eigenvalue weighted by atomic mass is 35.5. The van der Waals surface area contributed by atoms with Crippen molar-refractivity contribution in [2.75, 3.05) is 24.5 Å². The summed E-state index contributed by atoms with van der Waals surface area (Å²) in [7, 11) is 0. The summed E-state index contributed by atoms with van der Waals surface area (Å²) in [6.45, 7) is 1.91. The molecule has 1 aliphatic rings. The molecular formula is C11H12Cl2N2O. The summed E-state index contributed by atoms with van der Waals surface area (Å²) in [6, 6.07) is 5.34. The number of nitrogens with zero attached hydrogens (tertiary/aromatic N) is 1. The Balaban J connectivity index is 2.24. The monoisotopic (exact) mass is 258 g/mol.